The van der Waals surface area contributed by atoms with Gasteiger partial charge in [0.15, 0.2) is 11.5 Å². The number of imidazole rings is 1. The molecule has 7 rings (SSSR count). The molecule has 4 N–H and O–H groups in total. The van der Waals surface area contributed by atoms with E-state index in [9.17, 15) is 0 Å². The van der Waals surface area contributed by atoms with Gasteiger partial charge in [0.25, 0.3) is 0 Å². The zero-order valence-corrected chi connectivity index (χ0v) is 21.2. The molecule has 2 aliphatic heterocycles. The van der Waals surface area contributed by atoms with Gasteiger partial charge in [-0.2, -0.15) is 0 Å². The van der Waals surface area contributed by atoms with E-state index in [2.05, 4.69) is 43.3 Å². The molecule has 1 fully saturated rings. The van der Waals surface area contributed by atoms with E-state index in [0.717, 1.165) is 53.8 Å². The Morgan fingerprint density at radius 1 is 1.05 bits per heavy atom. The van der Waals surface area contributed by atoms with Gasteiger partial charge in [0.1, 0.15) is 18.2 Å². The monoisotopic (exact) mass is 517 g/mol. The molecule has 0 radical (unpaired) electrons. The lowest BCUT2D eigenvalue weighted by atomic mass is 10.1. The highest BCUT2D eigenvalue weighted by atomic mass is 16.5. The number of nitrogens with one attached hydrogen (secondary N) is 2. The minimum absolute atomic E-state index is 0.265. The summed E-state index contributed by atoms with van der Waals surface area (Å²) in [7, 11) is 0. The second-order valence-corrected chi connectivity index (χ2v) is 9.72. The third kappa shape index (κ3) is 4.15. The van der Waals surface area contributed by atoms with E-state index in [1.807, 2.05) is 59.4 Å². The van der Waals surface area contributed by atoms with Gasteiger partial charge in [0, 0.05) is 79.2 Å². The Morgan fingerprint density at radius 2 is 2.00 bits per heavy atom. The first-order valence-electron chi connectivity index (χ1n) is 12.9. The van der Waals surface area contributed by atoms with Crippen molar-refractivity contribution in [1.82, 2.24) is 19.4 Å². The molecule has 1 unspecified atom stereocenters. The van der Waals surface area contributed by atoms with Crippen LogP contribution in [0.15, 0.2) is 79.4 Å². The van der Waals surface area contributed by atoms with Crippen LogP contribution in [0.3, 0.4) is 0 Å². The third-order valence-corrected chi connectivity index (χ3v) is 7.33. The molecular weight excluding hydrogens is 490 g/mol. The molecular formula is C29H27N9O. The van der Waals surface area contributed by atoms with Crippen LogP contribution >= 0.6 is 0 Å². The van der Waals surface area contributed by atoms with E-state index in [-0.39, 0.29) is 6.04 Å². The summed E-state index contributed by atoms with van der Waals surface area (Å²) < 4.78 is 8.19. The Bertz CT molecular complexity index is 1680. The predicted molar refractivity (Wildman–Crippen MR) is 154 cm³/mol. The minimum Gasteiger partial charge on any atom is -0.489 e. The summed E-state index contributed by atoms with van der Waals surface area (Å²) in [5, 5.41) is 11.0. The first-order valence-corrected chi connectivity index (χ1v) is 12.9. The number of fused-ring (bicyclic) bond motifs is 4. The van der Waals surface area contributed by atoms with Gasteiger partial charge < -0.3 is 35.4 Å². The van der Waals surface area contributed by atoms with Crippen molar-refractivity contribution >= 4 is 40.6 Å². The van der Waals surface area contributed by atoms with Gasteiger partial charge in [-0.25, -0.2) is 15.0 Å². The molecule has 5 heterocycles. The fraction of sp³-hybridized carbons (Fsp3) is 0.172. The Labute approximate surface area is 225 Å². The number of hydrogen-bond acceptors (Lipinski definition) is 9. The van der Waals surface area contributed by atoms with Crippen LogP contribution in [-0.4, -0.2) is 57.9 Å². The van der Waals surface area contributed by atoms with Crippen LogP contribution in [0.2, 0.25) is 0 Å². The average Bonchev–Trinajstić information content (AvgIpc) is 3.46. The van der Waals surface area contributed by atoms with Crippen molar-refractivity contribution in [1.29, 1.82) is 5.41 Å². The fourth-order valence-electron chi connectivity index (χ4n) is 5.35. The molecule has 2 aromatic carbocycles. The standard InChI is InChI=1S/C29H27N9O/c30-15-20-5-4-19(13-23(20)31)24-17-37-10-9-33-29(37)28(35-24)34-21-6-7-25-26(14-21)39-18-22-16-36(11-12-38(22)25)27-3-1-2-8-32-27/h1-10,13-15,17,22,30H,11-12,16,18,31H2,(H,34,35). The summed E-state index contributed by atoms with van der Waals surface area (Å²) in [5.41, 5.74) is 11.6. The van der Waals surface area contributed by atoms with Crippen LogP contribution in [0.1, 0.15) is 5.56 Å². The number of anilines is 5. The van der Waals surface area contributed by atoms with E-state index < -0.39 is 0 Å². The molecule has 2 aliphatic rings. The van der Waals surface area contributed by atoms with Crippen LogP contribution in [0.4, 0.5) is 28.7 Å². The van der Waals surface area contributed by atoms with Crippen molar-refractivity contribution in [3.63, 3.8) is 0 Å². The Morgan fingerprint density at radius 3 is 2.85 bits per heavy atom. The van der Waals surface area contributed by atoms with Crippen molar-refractivity contribution in [3.8, 4) is 17.0 Å². The number of benzene rings is 2. The maximum atomic E-state index is 7.51. The van der Waals surface area contributed by atoms with Crippen LogP contribution in [-0.2, 0) is 0 Å². The number of ether oxygens (including phenoxy) is 1. The molecule has 0 saturated carbocycles. The van der Waals surface area contributed by atoms with Crippen molar-refractivity contribution in [2.45, 2.75) is 6.04 Å². The molecule has 39 heavy (non-hydrogen) atoms. The van der Waals surface area contributed by atoms with Crippen LogP contribution in [0.5, 0.6) is 5.75 Å². The maximum Gasteiger partial charge on any atom is 0.180 e. The lowest BCUT2D eigenvalue weighted by Crippen LogP contribution is -2.57. The molecule has 0 spiro atoms. The molecule has 10 heteroatoms. The molecule has 5 aromatic rings. The summed E-state index contributed by atoms with van der Waals surface area (Å²) in [5.74, 6) is 2.49. The van der Waals surface area contributed by atoms with Gasteiger partial charge >= 0.3 is 0 Å². The molecule has 10 nitrogen and oxygen atoms in total. The zero-order valence-electron chi connectivity index (χ0n) is 21.2. The van der Waals surface area contributed by atoms with Crippen molar-refractivity contribution < 1.29 is 4.74 Å². The van der Waals surface area contributed by atoms with E-state index in [0.29, 0.717) is 29.3 Å². The largest absolute Gasteiger partial charge is 0.489 e. The molecule has 1 atom stereocenters. The van der Waals surface area contributed by atoms with Crippen LogP contribution in [0.25, 0.3) is 16.9 Å². The molecule has 1 saturated heterocycles. The number of nitrogen functional groups attached to an aromatic ring is 1. The summed E-state index contributed by atoms with van der Waals surface area (Å²) in [6.45, 7) is 3.30. The van der Waals surface area contributed by atoms with Gasteiger partial charge in [0.2, 0.25) is 0 Å². The first kappa shape index (κ1) is 23.0. The number of nitrogens with two attached hydrogens (primary N) is 1. The van der Waals surface area contributed by atoms with E-state index in [1.54, 1.807) is 6.20 Å². The van der Waals surface area contributed by atoms with Gasteiger partial charge in [-0.3, -0.25) is 0 Å². The van der Waals surface area contributed by atoms with Crippen molar-refractivity contribution in [2.75, 3.05) is 47.1 Å². The molecule has 0 bridgehead atoms. The van der Waals surface area contributed by atoms with Gasteiger partial charge in [-0.1, -0.05) is 18.2 Å². The molecule has 194 valence electrons. The second-order valence-electron chi connectivity index (χ2n) is 9.72. The average molecular weight is 518 g/mol. The maximum absolute atomic E-state index is 7.51. The summed E-state index contributed by atoms with van der Waals surface area (Å²) >= 11 is 0. The second kappa shape index (κ2) is 9.32. The summed E-state index contributed by atoms with van der Waals surface area (Å²) in [6, 6.07) is 18.1. The van der Waals surface area contributed by atoms with E-state index in [4.69, 9.17) is 20.9 Å². The normalized spacial score (nSPS) is 16.4. The molecule has 3 aromatic heterocycles. The van der Waals surface area contributed by atoms with Gasteiger partial charge in [-0.15, -0.1) is 0 Å². The van der Waals surface area contributed by atoms with Crippen LogP contribution < -0.4 is 25.6 Å². The van der Waals surface area contributed by atoms with E-state index >= 15 is 0 Å². The number of rotatable bonds is 5. The number of pyridine rings is 1. The fourth-order valence-corrected chi connectivity index (χ4v) is 5.35. The van der Waals surface area contributed by atoms with Crippen LogP contribution in [0, 0.1) is 5.41 Å². The quantitative estimate of drug-likeness (QED) is 0.234. The predicted octanol–water partition coefficient (Wildman–Crippen LogP) is 4.20. The number of aromatic nitrogens is 4. The topological polar surface area (TPSA) is 121 Å². The lowest BCUT2D eigenvalue weighted by molar-refractivity contribution is 0.254. The Hall–Kier alpha value is -5.12. The summed E-state index contributed by atoms with van der Waals surface area (Å²) in [4.78, 5) is 18.7. The van der Waals surface area contributed by atoms with Crippen molar-refractivity contribution in [2.24, 2.45) is 0 Å². The first-order chi connectivity index (χ1) is 19.2. The highest BCUT2D eigenvalue weighted by Gasteiger charge is 2.33. The Balaban J connectivity index is 1.15. The lowest BCUT2D eigenvalue weighted by Gasteiger charge is -2.46. The zero-order chi connectivity index (χ0) is 26.3. The highest BCUT2D eigenvalue weighted by molar-refractivity contribution is 5.87. The molecule has 0 amide bonds. The number of nitrogens with zero attached hydrogens (tertiary/aromatic N) is 6. The SMILES string of the molecule is N=Cc1ccc(-c2cn3ccnc3c(Nc3ccc4c(c3)OCC3CN(c5ccccn5)CCN43)n2)cc1N. The smallest absolute Gasteiger partial charge is 0.180 e. The number of piperazine rings is 1. The van der Waals surface area contributed by atoms with Crippen molar-refractivity contribution in [3.05, 3.63) is 84.9 Å². The number of hydrogen-bond donors (Lipinski definition) is 3. The van der Waals surface area contributed by atoms with Gasteiger partial charge in [-0.05, 0) is 30.3 Å². The minimum atomic E-state index is 0.265. The summed E-state index contributed by atoms with van der Waals surface area (Å²) in [6.07, 6.45) is 8.65. The van der Waals surface area contributed by atoms with Gasteiger partial charge in [0.05, 0.1) is 17.4 Å². The third-order valence-electron chi connectivity index (χ3n) is 7.33. The molecule has 0 aliphatic carbocycles. The highest BCUT2D eigenvalue weighted by Crippen LogP contribution is 2.38. The Kier molecular flexibility index (Phi) is 5.50. The van der Waals surface area contributed by atoms with E-state index in [1.165, 1.54) is 6.21 Å².